The van der Waals surface area contributed by atoms with Gasteiger partial charge < -0.3 is 25.4 Å². The average Bonchev–Trinajstić information content (AvgIpc) is 3.35. The van der Waals surface area contributed by atoms with Crippen molar-refractivity contribution in [3.05, 3.63) is 66.4 Å². The molecular formula is C28H28F2N6O4. The number of hydrogen-bond donors (Lipinski definition) is 4. The number of fused-ring (bicyclic) bond motifs is 1. The Balaban J connectivity index is 1.33. The van der Waals surface area contributed by atoms with Crippen molar-refractivity contribution in [2.24, 2.45) is 5.41 Å². The van der Waals surface area contributed by atoms with Gasteiger partial charge in [-0.15, -0.1) is 0 Å². The fourth-order valence-corrected chi connectivity index (χ4v) is 4.61. The van der Waals surface area contributed by atoms with Gasteiger partial charge in [0, 0.05) is 42.3 Å². The Kier molecular flexibility index (Phi) is 7.35. The highest BCUT2D eigenvalue weighted by molar-refractivity contribution is 6.15. The molecule has 5 rings (SSSR count). The van der Waals surface area contributed by atoms with Crippen molar-refractivity contribution in [3.8, 4) is 11.5 Å². The van der Waals surface area contributed by atoms with Gasteiger partial charge in [0.05, 0.1) is 6.61 Å². The standard InChI is InChI=1S/C28H28F2N6O4/c1-16(15-37)32-25-23-22(10-12-31-24(23)34-35-25)40-21-9-6-18(14-20(21)30)33-26(38)28(2)11-3-13-36(27(28)39)19-7-4-17(29)5-8-19/h4-10,12,14,16,37H,3,11,13,15H2,1-2H3,(H,33,38)(H2,31,32,34,35)/t16-,28?/m1/s1. The van der Waals surface area contributed by atoms with E-state index in [-0.39, 0.29) is 29.8 Å². The van der Waals surface area contributed by atoms with Crippen LogP contribution in [0.2, 0.25) is 0 Å². The molecule has 2 aromatic heterocycles. The molecule has 10 nitrogen and oxygen atoms in total. The number of carbonyl (C=O) groups is 2. The summed E-state index contributed by atoms with van der Waals surface area (Å²) in [4.78, 5) is 32.3. The number of carbonyl (C=O) groups excluding carboxylic acids is 2. The molecule has 1 fully saturated rings. The fraction of sp³-hybridized carbons (Fsp3) is 0.286. The summed E-state index contributed by atoms with van der Waals surface area (Å²) in [7, 11) is 0. The number of hydrogen-bond acceptors (Lipinski definition) is 7. The Morgan fingerprint density at radius 1 is 1.20 bits per heavy atom. The monoisotopic (exact) mass is 550 g/mol. The molecule has 2 amide bonds. The number of anilines is 3. The Morgan fingerprint density at radius 2 is 1.98 bits per heavy atom. The van der Waals surface area contributed by atoms with Crippen LogP contribution in [-0.4, -0.2) is 51.3 Å². The number of H-pyrrole nitrogens is 1. The number of aliphatic hydroxyl groups is 1. The van der Waals surface area contributed by atoms with E-state index in [2.05, 4.69) is 25.8 Å². The van der Waals surface area contributed by atoms with Gasteiger partial charge in [0.1, 0.15) is 22.4 Å². The molecule has 0 bridgehead atoms. The quantitative estimate of drug-likeness (QED) is 0.236. The normalized spacial score (nSPS) is 18.0. The van der Waals surface area contributed by atoms with Crippen molar-refractivity contribution >= 4 is 40.0 Å². The average molecular weight is 551 g/mol. The largest absolute Gasteiger partial charge is 0.453 e. The van der Waals surface area contributed by atoms with E-state index in [4.69, 9.17) is 4.74 Å². The van der Waals surface area contributed by atoms with Crippen molar-refractivity contribution in [2.45, 2.75) is 32.7 Å². The highest BCUT2D eigenvalue weighted by Gasteiger charge is 2.46. The van der Waals surface area contributed by atoms with E-state index in [9.17, 15) is 19.1 Å². The number of aromatic nitrogens is 3. The first-order chi connectivity index (χ1) is 19.2. The van der Waals surface area contributed by atoms with E-state index in [0.29, 0.717) is 41.9 Å². The van der Waals surface area contributed by atoms with Crippen LogP contribution < -0.4 is 20.3 Å². The van der Waals surface area contributed by atoms with Gasteiger partial charge in [0.2, 0.25) is 11.8 Å². The first kappa shape index (κ1) is 27.0. The molecule has 208 valence electrons. The van der Waals surface area contributed by atoms with Crippen LogP contribution in [0, 0.1) is 17.0 Å². The Morgan fingerprint density at radius 3 is 2.70 bits per heavy atom. The number of benzene rings is 2. The second-order valence-electron chi connectivity index (χ2n) is 9.90. The lowest BCUT2D eigenvalue weighted by Gasteiger charge is -2.38. The van der Waals surface area contributed by atoms with Gasteiger partial charge in [-0.2, -0.15) is 5.10 Å². The molecule has 0 saturated carbocycles. The maximum Gasteiger partial charge on any atom is 0.242 e. The van der Waals surface area contributed by atoms with Crippen LogP contribution >= 0.6 is 0 Å². The summed E-state index contributed by atoms with van der Waals surface area (Å²) in [5.74, 6) is -1.57. The van der Waals surface area contributed by atoms with E-state index < -0.39 is 28.9 Å². The zero-order valence-electron chi connectivity index (χ0n) is 21.9. The van der Waals surface area contributed by atoms with Crippen LogP contribution in [0.25, 0.3) is 11.0 Å². The number of pyridine rings is 1. The first-order valence-electron chi connectivity index (χ1n) is 12.8. The molecule has 40 heavy (non-hydrogen) atoms. The summed E-state index contributed by atoms with van der Waals surface area (Å²) < 4.78 is 34.3. The smallest absolute Gasteiger partial charge is 0.242 e. The van der Waals surface area contributed by atoms with Crippen molar-refractivity contribution in [2.75, 3.05) is 28.7 Å². The summed E-state index contributed by atoms with van der Waals surface area (Å²) >= 11 is 0. The number of ether oxygens (including phenoxy) is 1. The van der Waals surface area contributed by atoms with Crippen LogP contribution in [0.1, 0.15) is 26.7 Å². The fourth-order valence-electron chi connectivity index (χ4n) is 4.61. The van der Waals surface area contributed by atoms with Crippen LogP contribution in [0.5, 0.6) is 11.5 Å². The molecule has 0 spiro atoms. The molecule has 2 atom stereocenters. The lowest BCUT2D eigenvalue weighted by atomic mass is 9.79. The molecule has 2 aromatic carbocycles. The molecule has 0 radical (unpaired) electrons. The molecule has 12 heteroatoms. The van der Waals surface area contributed by atoms with Crippen molar-refractivity contribution < 1.29 is 28.2 Å². The van der Waals surface area contributed by atoms with Gasteiger partial charge in [-0.05, 0) is 63.1 Å². The molecule has 3 heterocycles. The zero-order chi connectivity index (χ0) is 28.4. The summed E-state index contributed by atoms with van der Waals surface area (Å²) in [6.07, 6.45) is 2.36. The molecule has 1 unspecified atom stereocenters. The molecule has 4 N–H and O–H groups in total. The van der Waals surface area contributed by atoms with Crippen LogP contribution in [0.3, 0.4) is 0 Å². The lowest BCUT2D eigenvalue weighted by Crippen LogP contribution is -2.53. The molecule has 4 aromatic rings. The van der Waals surface area contributed by atoms with Gasteiger partial charge in [0.25, 0.3) is 0 Å². The van der Waals surface area contributed by atoms with Crippen LogP contribution in [0.15, 0.2) is 54.7 Å². The number of rotatable bonds is 8. The van der Waals surface area contributed by atoms with Crippen LogP contribution in [-0.2, 0) is 9.59 Å². The van der Waals surface area contributed by atoms with Gasteiger partial charge in [-0.3, -0.25) is 14.7 Å². The number of piperidine rings is 1. The molecule has 1 saturated heterocycles. The van der Waals surface area contributed by atoms with E-state index >= 15 is 4.39 Å². The molecule has 0 aliphatic carbocycles. The van der Waals surface area contributed by atoms with Gasteiger partial charge in [0.15, 0.2) is 23.0 Å². The highest BCUT2D eigenvalue weighted by atomic mass is 19.1. The van der Waals surface area contributed by atoms with Crippen molar-refractivity contribution in [1.29, 1.82) is 0 Å². The predicted octanol–water partition coefficient (Wildman–Crippen LogP) is 4.59. The van der Waals surface area contributed by atoms with Gasteiger partial charge in [-0.1, -0.05) is 0 Å². The van der Waals surface area contributed by atoms with Crippen molar-refractivity contribution in [3.63, 3.8) is 0 Å². The summed E-state index contributed by atoms with van der Waals surface area (Å²) in [6.45, 7) is 3.60. The topological polar surface area (TPSA) is 132 Å². The van der Waals surface area contributed by atoms with Crippen molar-refractivity contribution in [1.82, 2.24) is 15.2 Å². The minimum absolute atomic E-state index is 0.102. The number of nitrogens with zero attached hydrogens (tertiary/aromatic N) is 3. The third kappa shape index (κ3) is 5.17. The zero-order valence-corrected chi connectivity index (χ0v) is 21.9. The van der Waals surface area contributed by atoms with E-state index in [1.54, 1.807) is 19.9 Å². The molecule has 1 aliphatic heterocycles. The summed E-state index contributed by atoms with van der Waals surface area (Å²) in [5, 5.41) is 22.5. The number of aliphatic hydroxyl groups excluding tert-OH is 1. The highest BCUT2D eigenvalue weighted by Crippen LogP contribution is 2.37. The second kappa shape index (κ2) is 10.9. The molecule has 1 aliphatic rings. The Labute approximate surface area is 228 Å². The minimum atomic E-state index is -1.39. The number of nitrogens with one attached hydrogen (secondary N) is 3. The number of halogens is 2. The van der Waals surface area contributed by atoms with Crippen LogP contribution in [0.4, 0.5) is 26.0 Å². The maximum absolute atomic E-state index is 15.1. The lowest BCUT2D eigenvalue weighted by molar-refractivity contribution is -0.139. The number of aromatic amines is 1. The Bertz CT molecular complexity index is 1560. The third-order valence-corrected chi connectivity index (χ3v) is 6.90. The Hall–Kier alpha value is -4.58. The minimum Gasteiger partial charge on any atom is -0.453 e. The van der Waals surface area contributed by atoms with E-state index in [1.165, 1.54) is 47.5 Å². The molecular weight excluding hydrogens is 522 g/mol. The second-order valence-corrected chi connectivity index (χ2v) is 9.90. The summed E-state index contributed by atoms with van der Waals surface area (Å²) in [5.41, 5.74) is -0.318. The van der Waals surface area contributed by atoms with E-state index in [1.807, 2.05) is 0 Å². The predicted molar refractivity (Wildman–Crippen MR) is 145 cm³/mol. The van der Waals surface area contributed by atoms with E-state index in [0.717, 1.165) is 6.07 Å². The SMILES string of the molecule is C[C@H](CO)Nc1n[nH]c2nccc(Oc3ccc(NC(=O)C4(C)CCCN(c5ccc(F)cc5)C4=O)cc3F)c12. The summed E-state index contributed by atoms with van der Waals surface area (Å²) in [6, 6.07) is 10.7. The van der Waals surface area contributed by atoms with Gasteiger partial charge >= 0.3 is 0 Å². The van der Waals surface area contributed by atoms with Gasteiger partial charge in [-0.25, -0.2) is 13.8 Å². The maximum atomic E-state index is 15.1. The first-order valence-corrected chi connectivity index (χ1v) is 12.8. The third-order valence-electron chi connectivity index (χ3n) is 6.90. The number of amides is 2.